The molecule has 4 heterocycles. The lowest BCUT2D eigenvalue weighted by atomic mass is 9.96. The Morgan fingerprint density at radius 1 is 0.974 bits per heavy atom. The van der Waals surface area contributed by atoms with E-state index in [1.165, 1.54) is 18.5 Å². The predicted molar refractivity (Wildman–Crippen MR) is 148 cm³/mol. The van der Waals surface area contributed by atoms with Crippen molar-refractivity contribution in [3.05, 3.63) is 99.6 Å². The number of pyridine rings is 2. The van der Waals surface area contributed by atoms with Crippen LogP contribution in [0.1, 0.15) is 41.3 Å². The Balaban J connectivity index is 1.12. The van der Waals surface area contributed by atoms with Crippen molar-refractivity contribution in [1.82, 2.24) is 9.97 Å². The van der Waals surface area contributed by atoms with Gasteiger partial charge in [0, 0.05) is 59.7 Å². The van der Waals surface area contributed by atoms with Crippen LogP contribution < -0.4 is 20.5 Å². The molecule has 3 aliphatic rings. The highest BCUT2D eigenvalue weighted by Gasteiger charge is 2.25. The Labute approximate surface area is 221 Å². The highest BCUT2D eigenvalue weighted by atomic mass is 16.5. The maximum absolute atomic E-state index is 12.6. The summed E-state index contributed by atoms with van der Waals surface area (Å²) >= 11 is 0. The Morgan fingerprint density at radius 3 is 2.71 bits per heavy atom. The van der Waals surface area contributed by atoms with Crippen LogP contribution in [0.25, 0.3) is 11.3 Å². The lowest BCUT2D eigenvalue weighted by molar-refractivity contribution is 0.122. The molecule has 7 nitrogen and oxygen atoms in total. The van der Waals surface area contributed by atoms with Gasteiger partial charge in [0.2, 0.25) is 5.56 Å². The third-order valence-corrected chi connectivity index (χ3v) is 7.54. The van der Waals surface area contributed by atoms with Crippen LogP contribution in [0.5, 0.6) is 11.5 Å². The van der Waals surface area contributed by atoms with Gasteiger partial charge in [-0.2, -0.15) is 0 Å². The zero-order chi connectivity index (χ0) is 25.5. The standard InChI is InChI=1S/C31H30N4O3/c36-30-18-25(35-11-13-37-14-12-35)17-28(34-30)26-5-1-3-21-15-22-16-23(9-10-29(22)38-31(21)26)32-19-24-4-2-6-27(33-24)20-7-8-20/h1-6,9-10,16-18,20,32H,7-8,11-15,19H2,(H,34,36). The van der Waals surface area contributed by atoms with Crippen LogP contribution in [0.2, 0.25) is 0 Å². The smallest absolute Gasteiger partial charge is 0.250 e. The molecule has 4 aromatic rings. The van der Waals surface area contributed by atoms with Crippen LogP contribution in [0, 0.1) is 0 Å². The topological polar surface area (TPSA) is 79.5 Å². The first-order valence-corrected chi connectivity index (χ1v) is 13.4. The number of morpholine rings is 1. The van der Waals surface area contributed by atoms with Gasteiger partial charge in [0.1, 0.15) is 11.5 Å². The van der Waals surface area contributed by atoms with Crippen LogP contribution in [0.4, 0.5) is 11.4 Å². The van der Waals surface area contributed by atoms with Gasteiger partial charge in [0.05, 0.1) is 31.1 Å². The van der Waals surface area contributed by atoms with Crippen LogP contribution in [-0.2, 0) is 17.7 Å². The van der Waals surface area contributed by atoms with E-state index in [9.17, 15) is 4.79 Å². The van der Waals surface area contributed by atoms with Gasteiger partial charge in [0.25, 0.3) is 0 Å². The average molecular weight is 507 g/mol. The second-order valence-electron chi connectivity index (χ2n) is 10.3. The number of ether oxygens (including phenoxy) is 2. The van der Waals surface area contributed by atoms with Crippen molar-refractivity contribution in [3.8, 4) is 22.8 Å². The van der Waals surface area contributed by atoms with Gasteiger partial charge < -0.3 is 24.7 Å². The van der Waals surface area contributed by atoms with E-state index in [1.807, 2.05) is 24.3 Å². The van der Waals surface area contributed by atoms with Crippen molar-refractivity contribution >= 4 is 11.4 Å². The number of nitrogens with zero attached hydrogens (tertiary/aromatic N) is 2. The first-order valence-electron chi connectivity index (χ1n) is 13.4. The maximum Gasteiger partial charge on any atom is 0.250 e. The molecule has 0 amide bonds. The largest absolute Gasteiger partial charge is 0.456 e. The minimum absolute atomic E-state index is 0.120. The molecule has 7 heteroatoms. The van der Waals surface area contributed by atoms with Crippen molar-refractivity contribution in [2.75, 3.05) is 36.5 Å². The normalized spacial score (nSPS) is 16.4. The fourth-order valence-electron chi connectivity index (χ4n) is 5.37. The summed E-state index contributed by atoms with van der Waals surface area (Å²) in [4.78, 5) is 22.6. The summed E-state index contributed by atoms with van der Waals surface area (Å²) in [6.45, 7) is 3.58. The van der Waals surface area contributed by atoms with Crippen LogP contribution in [0.15, 0.2) is 71.5 Å². The lowest BCUT2D eigenvalue weighted by Gasteiger charge is -2.29. The molecule has 0 spiro atoms. The van der Waals surface area contributed by atoms with Crippen molar-refractivity contribution in [2.45, 2.75) is 31.7 Å². The van der Waals surface area contributed by atoms with Gasteiger partial charge in [-0.05, 0) is 60.9 Å². The number of aromatic amines is 1. The first-order chi connectivity index (χ1) is 18.7. The number of benzene rings is 2. The Bertz CT molecular complexity index is 1550. The molecule has 192 valence electrons. The number of fused-ring (bicyclic) bond motifs is 2. The van der Waals surface area contributed by atoms with Crippen molar-refractivity contribution < 1.29 is 9.47 Å². The minimum atomic E-state index is -0.120. The minimum Gasteiger partial charge on any atom is -0.456 e. The second-order valence-corrected chi connectivity index (χ2v) is 10.3. The molecule has 0 atom stereocenters. The summed E-state index contributed by atoms with van der Waals surface area (Å²) in [5, 5.41) is 3.53. The molecule has 1 aliphatic carbocycles. The van der Waals surface area contributed by atoms with Crippen molar-refractivity contribution in [1.29, 1.82) is 0 Å². The van der Waals surface area contributed by atoms with E-state index in [2.05, 4.69) is 51.6 Å². The fraction of sp³-hybridized carbons (Fsp3) is 0.290. The zero-order valence-corrected chi connectivity index (χ0v) is 21.2. The van der Waals surface area contributed by atoms with E-state index in [-0.39, 0.29) is 5.56 Å². The summed E-state index contributed by atoms with van der Waals surface area (Å²) in [6.07, 6.45) is 3.28. The molecule has 2 aromatic heterocycles. The summed E-state index contributed by atoms with van der Waals surface area (Å²) in [5.41, 5.74) is 8.01. The van der Waals surface area contributed by atoms with Gasteiger partial charge in [-0.15, -0.1) is 0 Å². The molecule has 0 unspecified atom stereocenters. The first kappa shape index (κ1) is 23.0. The number of para-hydroxylation sites is 1. The predicted octanol–water partition coefficient (Wildman–Crippen LogP) is 5.46. The Hall–Kier alpha value is -4.10. The molecular weight excluding hydrogens is 476 g/mol. The lowest BCUT2D eigenvalue weighted by Crippen LogP contribution is -2.36. The number of H-pyrrole nitrogens is 1. The Kier molecular flexibility index (Phi) is 5.85. The van der Waals surface area contributed by atoms with Gasteiger partial charge >= 0.3 is 0 Å². The number of nitrogens with one attached hydrogen (secondary N) is 2. The summed E-state index contributed by atoms with van der Waals surface area (Å²) in [7, 11) is 0. The van der Waals surface area contributed by atoms with E-state index in [4.69, 9.17) is 14.5 Å². The van der Waals surface area contributed by atoms with Crippen LogP contribution >= 0.6 is 0 Å². The number of rotatable bonds is 6. The van der Waals surface area contributed by atoms with Crippen molar-refractivity contribution in [3.63, 3.8) is 0 Å². The molecule has 38 heavy (non-hydrogen) atoms. The van der Waals surface area contributed by atoms with Gasteiger partial charge in [0.15, 0.2) is 0 Å². The number of hydrogen-bond donors (Lipinski definition) is 2. The summed E-state index contributed by atoms with van der Waals surface area (Å²) in [5.74, 6) is 2.30. The molecule has 1 saturated heterocycles. The average Bonchev–Trinajstić information content (AvgIpc) is 3.81. The van der Waals surface area contributed by atoms with E-state index in [0.29, 0.717) is 25.7 Å². The molecule has 2 aliphatic heterocycles. The zero-order valence-electron chi connectivity index (χ0n) is 21.2. The molecule has 1 saturated carbocycles. The SMILES string of the molecule is O=c1cc(N2CCOCC2)cc(-c2cccc3c2Oc2ccc(NCc4cccc(C5CC5)n4)cc2C3)[nH]1. The van der Waals surface area contributed by atoms with E-state index < -0.39 is 0 Å². The van der Waals surface area contributed by atoms with Gasteiger partial charge in [-0.1, -0.05) is 18.2 Å². The summed E-state index contributed by atoms with van der Waals surface area (Å²) in [6, 6.07) is 22.4. The summed E-state index contributed by atoms with van der Waals surface area (Å²) < 4.78 is 11.9. The molecule has 0 bridgehead atoms. The van der Waals surface area contributed by atoms with E-state index >= 15 is 0 Å². The highest BCUT2D eigenvalue weighted by Crippen LogP contribution is 2.43. The fourth-order valence-corrected chi connectivity index (χ4v) is 5.37. The van der Waals surface area contributed by atoms with E-state index in [0.717, 1.165) is 70.5 Å². The molecular formula is C31H30N4O3. The molecule has 7 rings (SSSR count). The quantitative estimate of drug-likeness (QED) is 0.318. The third-order valence-electron chi connectivity index (χ3n) is 7.54. The molecule has 2 aromatic carbocycles. The second kappa shape index (κ2) is 9.65. The Morgan fingerprint density at radius 2 is 1.84 bits per heavy atom. The van der Waals surface area contributed by atoms with Gasteiger partial charge in [-0.25, -0.2) is 0 Å². The molecule has 2 N–H and O–H groups in total. The van der Waals surface area contributed by atoms with Crippen molar-refractivity contribution in [2.24, 2.45) is 0 Å². The molecule has 2 fully saturated rings. The molecule has 0 radical (unpaired) electrons. The number of anilines is 2. The third kappa shape index (κ3) is 4.65. The maximum atomic E-state index is 12.6. The number of aromatic nitrogens is 2. The number of hydrogen-bond acceptors (Lipinski definition) is 6. The van der Waals surface area contributed by atoms with Crippen LogP contribution in [-0.4, -0.2) is 36.3 Å². The highest BCUT2D eigenvalue weighted by molar-refractivity contribution is 5.74. The van der Waals surface area contributed by atoms with Crippen LogP contribution in [0.3, 0.4) is 0 Å². The van der Waals surface area contributed by atoms with E-state index in [1.54, 1.807) is 6.07 Å². The van der Waals surface area contributed by atoms with Gasteiger partial charge in [-0.3, -0.25) is 9.78 Å². The monoisotopic (exact) mass is 506 g/mol.